The zero-order valence-electron chi connectivity index (χ0n) is 12.4. The Morgan fingerprint density at radius 2 is 1.80 bits per heavy atom. The van der Waals surface area contributed by atoms with E-state index in [9.17, 15) is 13.2 Å². The van der Waals surface area contributed by atoms with Gasteiger partial charge in [-0.3, -0.25) is 0 Å². The predicted octanol–water partition coefficient (Wildman–Crippen LogP) is 3.90. The molecule has 5 heteroatoms. The molecule has 0 spiro atoms. The highest BCUT2D eigenvalue weighted by atomic mass is 19.4. The summed E-state index contributed by atoms with van der Waals surface area (Å²) >= 11 is 0. The monoisotopic (exact) mass is 293 g/mol. The maximum atomic E-state index is 13.1. The summed E-state index contributed by atoms with van der Waals surface area (Å²) < 4.78 is 44.9. The van der Waals surface area contributed by atoms with E-state index in [4.69, 9.17) is 4.74 Å². The Morgan fingerprint density at radius 1 is 1.10 bits per heavy atom. The first-order valence-corrected chi connectivity index (χ1v) is 7.82. The fourth-order valence-corrected chi connectivity index (χ4v) is 3.47. The molecule has 2 aliphatic rings. The molecule has 1 aliphatic carbocycles. The summed E-state index contributed by atoms with van der Waals surface area (Å²) in [6.45, 7) is 4.86. The second-order valence-electron chi connectivity index (χ2n) is 6.58. The van der Waals surface area contributed by atoms with E-state index in [0.29, 0.717) is 25.4 Å². The SMILES string of the molecule is CC(C)C1CC(NC2CCCCC2C(F)(F)F)CCO1. The van der Waals surface area contributed by atoms with Crippen LogP contribution in [0.15, 0.2) is 0 Å². The van der Waals surface area contributed by atoms with Crippen molar-refractivity contribution in [3.8, 4) is 0 Å². The molecule has 0 aromatic rings. The van der Waals surface area contributed by atoms with Gasteiger partial charge in [-0.15, -0.1) is 0 Å². The van der Waals surface area contributed by atoms with Crippen LogP contribution >= 0.6 is 0 Å². The minimum absolute atomic E-state index is 0.170. The van der Waals surface area contributed by atoms with Crippen molar-refractivity contribution >= 4 is 0 Å². The molecule has 0 aromatic heterocycles. The lowest BCUT2D eigenvalue weighted by molar-refractivity contribution is -0.190. The van der Waals surface area contributed by atoms with Crippen LogP contribution < -0.4 is 5.32 Å². The number of hydrogen-bond acceptors (Lipinski definition) is 2. The van der Waals surface area contributed by atoms with Crippen molar-refractivity contribution in [2.45, 2.75) is 76.7 Å². The van der Waals surface area contributed by atoms with Crippen molar-refractivity contribution < 1.29 is 17.9 Å². The summed E-state index contributed by atoms with van der Waals surface area (Å²) in [7, 11) is 0. The van der Waals surface area contributed by atoms with E-state index in [1.165, 1.54) is 0 Å². The summed E-state index contributed by atoms with van der Waals surface area (Å²) in [5.41, 5.74) is 0. The van der Waals surface area contributed by atoms with Crippen LogP contribution in [-0.4, -0.2) is 31.0 Å². The van der Waals surface area contributed by atoms with Crippen molar-refractivity contribution in [2.75, 3.05) is 6.61 Å². The zero-order valence-corrected chi connectivity index (χ0v) is 12.4. The van der Waals surface area contributed by atoms with E-state index in [2.05, 4.69) is 19.2 Å². The summed E-state index contributed by atoms with van der Waals surface area (Å²) in [5.74, 6) is -0.749. The van der Waals surface area contributed by atoms with Crippen LogP contribution in [0.1, 0.15) is 52.4 Å². The van der Waals surface area contributed by atoms with Gasteiger partial charge in [0, 0.05) is 18.7 Å². The first-order chi connectivity index (χ1) is 9.38. The molecule has 1 saturated carbocycles. The van der Waals surface area contributed by atoms with E-state index in [-0.39, 0.29) is 18.6 Å². The van der Waals surface area contributed by atoms with E-state index in [0.717, 1.165) is 19.3 Å². The lowest BCUT2D eigenvalue weighted by Crippen LogP contribution is -2.51. The first-order valence-electron chi connectivity index (χ1n) is 7.82. The van der Waals surface area contributed by atoms with Gasteiger partial charge in [-0.05, 0) is 31.6 Å². The van der Waals surface area contributed by atoms with Gasteiger partial charge in [0.2, 0.25) is 0 Å². The second kappa shape index (κ2) is 6.65. The summed E-state index contributed by atoms with van der Waals surface area (Å²) in [6, 6.07) is -0.233. The number of ether oxygens (including phenoxy) is 1. The number of halogens is 3. The molecule has 0 aromatic carbocycles. The Balaban J connectivity index is 1.93. The van der Waals surface area contributed by atoms with Crippen LogP contribution in [0.3, 0.4) is 0 Å². The third-order valence-electron chi connectivity index (χ3n) is 4.69. The molecule has 0 amide bonds. The van der Waals surface area contributed by atoms with Crippen LogP contribution in [0.25, 0.3) is 0 Å². The Bertz CT molecular complexity index is 306. The van der Waals surface area contributed by atoms with Gasteiger partial charge in [0.1, 0.15) is 0 Å². The quantitative estimate of drug-likeness (QED) is 0.852. The van der Waals surface area contributed by atoms with E-state index < -0.39 is 18.1 Å². The number of rotatable bonds is 3. The van der Waals surface area contributed by atoms with Crippen LogP contribution in [-0.2, 0) is 4.74 Å². The fourth-order valence-electron chi connectivity index (χ4n) is 3.47. The Morgan fingerprint density at radius 3 is 2.45 bits per heavy atom. The average Bonchev–Trinajstić information content (AvgIpc) is 2.38. The highest BCUT2D eigenvalue weighted by molar-refractivity contribution is 4.89. The van der Waals surface area contributed by atoms with Crippen molar-refractivity contribution in [2.24, 2.45) is 11.8 Å². The van der Waals surface area contributed by atoms with Gasteiger partial charge in [-0.2, -0.15) is 13.2 Å². The fraction of sp³-hybridized carbons (Fsp3) is 1.00. The number of nitrogens with one attached hydrogen (secondary N) is 1. The van der Waals surface area contributed by atoms with Crippen LogP contribution in [0.2, 0.25) is 0 Å². The maximum absolute atomic E-state index is 13.1. The van der Waals surface area contributed by atoms with Gasteiger partial charge in [0.15, 0.2) is 0 Å². The standard InChI is InChI=1S/C15H26F3NO/c1-10(2)14-9-11(7-8-20-14)19-13-6-4-3-5-12(13)15(16,17)18/h10-14,19H,3-9H2,1-2H3. The lowest BCUT2D eigenvalue weighted by atomic mass is 9.83. The predicted molar refractivity (Wildman–Crippen MR) is 72.5 cm³/mol. The molecule has 118 valence electrons. The smallest absolute Gasteiger partial charge is 0.378 e. The second-order valence-corrected chi connectivity index (χ2v) is 6.58. The molecule has 1 heterocycles. The minimum atomic E-state index is -4.07. The molecular weight excluding hydrogens is 267 g/mol. The van der Waals surface area contributed by atoms with Gasteiger partial charge in [-0.25, -0.2) is 0 Å². The van der Waals surface area contributed by atoms with Crippen molar-refractivity contribution in [3.63, 3.8) is 0 Å². The minimum Gasteiger partial charge on any atom is -0.378 e. The Hall–Kier alpha value is -0.290. The molecule has 2 fully saturated rings. The Kier molecular flexibility index (Phi) is 5.35. The molecule has 4 unspecified atom stereocenters. The van der Waals surface area contributed by atoms with Gasteiger partial charge in [0.05, 0.1) is 12.0 Å². The van der Waals surface area contributed by atoms with E-state index in [1.54, 1.807) is 0 Å². The number of hydrogen-bond donors (Lipinski definition) is 1. The zero-order chi connectivity index (χ0) is 14.8. The van der Waals surface area contributed by atoms with Crippen LogP contribution in [0.4, 0.5) is 13.2 Å². The van der Waals surface area contributed by atoms with Crippen LogP contribution in [0.5, 0.6) is 0 Å². The average molecular weight is 293 g/mol. The highest BCUT2D eigenvalue weighted by Crippen LogP contribution is 2.38. The summed E-state index contributed by atoms with van der Waals surface area (Å²) in [6.07, 6.45) is 0.288. The highest BCUT2D eigenvalue weighted by Gasteiger charge is 2.46. The molecule has 2 rings (SSSR count). The summed E-state index contributed by atoms with van der Waals surface area (Å²) in [5, 5.41) is 3.30. The van der Waals surface area contributed by atoms with E-state index >= 15 is 0 Å². The van der Waals surface area contributed by atoms with Gasteiger partial charge >= 0.3 is 6.18 Å². The molecule has 1 saturated heterocycles. The molecule has 1 aliphatic heterocycles. The van der Waals surface area contributed by atoms with Crippen molar-refractivity contribution in [1.29, 1.82) is 0 Å². The third-order valence-corrected chi connectivity index (χ3v) is 4.69. The molecule has 4 atom stereocenters. The third kappa shape index (κ3) is 4.10. The van der Waals surface area contributed by atoms with Crippen LogP contribution in [0, 0.1) is 11.8 Å². The molecule has 1 N–H and O–H groups in total. The number of alkyl halides is 3. The molecular formula is C15H26F3NO. The van der Waals surface area contributed by atoms with E-state index in [1.807, 2.05) is 0 Å². The Labute approximate surface area is 119 Å². The first kappa shape index (κ1) is 16.1. The van der Waals surface area contributed by atoms with Crippen molar-refractivity contribution in [1.82, 2.24) is 5.32 Å². The lowest BCUT2D eigenvalue weighted by Gasteiger charge is -2.39. The van der Waals surface area contributed by atoms with Crippen molar-refractivity contribution in [3.05, 3.63) is 0 Å². The topological polar surface area (TPSA) is 21.3 Å². The molecule has 20 heavy (non-hydrogen) atoms. The molecule has 0 radical (unpaired) electrons. The summed E-state index contributed by atoms with van der Waals surface area (Å²) in [4.78, 5) is 0. The normalized spacial score (nSPS) is 36.3. The van der Waals surface area contributed by atoms with Gasteiger partial charge in [0.25, 0.3) is 0 Å². The largest absolute Gasteiger partial charge is 0.393 e. The molecule has 0 bridgehead atoms. The maximum Gasteiger partial charge on any atom is 0.393 e. The van der Waals surface area contributed by atoms with Gasteiger partial charge < -0.3 is 10.1 Å². The van der Waals surface area contributed by atoms with Gasteiger partial charge in [-0.1, -0.05) is 26.7 Å². The molecule has 2 nitrogen and oxygen atoms in total.